The van der Waals surface area contributed by atoms with Gasteiger partial charge in [-0.3, -0.25) is 15.0 Å². The number of benzene rings is 2. The molecule has 0 fully saturated rings. The van der Waals surface area contributed by atoms with E-state index in [-0.39, 0.29) is 0 Å². The molecule has 4 N–H and O–H groups in total. The van der Waals surface area contributed by atoms with Gasteiger partial charge in [-0.2, -0.15) is 0 Å². The van der Waals surface area contributed by atoms with Crippen molar-refractivity contribution in [2.45, 2.75) is 13.3 Å². The molecule has 4 aromatic heterocycles. The third-order valence-electron chi connectivity index (χ3n) is 7.90. The van der Waals surface area contributed by atoms with Crippen LogP contribution in [0, 0.1) is 0 Å². The highest BCUT2D eigenvalue weighted by atomic mass is 15.2. The van der Waals surface area contributed by atoms with E-state index in [4.69, 9.17) is 16.5 Å². The summed E-state index contributed by atoms with van der Waals surface area (Å²) in [6, 6.07) is 32.3. The number of pyridine rings is 3. The van der Waals surface area contributed by atoms with Gasteiger partial charge in [0.1, 0.15) is 0 Å². The number of nitrogens with zero attached hydrogens (tertiary/aromatic N) is 5. The molecule has 0 saturated heterocycles. The van der Waals surface area contributed by atoms with Crippen LogP contribution in [0.1, 0.15) is 23.9 Å². The number of aromatic nitrogens is 4. The fourth-order valence-corrected chi connectivity index (χ4v) is 5.79. The van der Waals surface area contributed by atoms with Gasteiger partial charge in [-0.15, -0.1) is 0 Å². The van der Waals surface area contributed by atoms with E-state index in [0.29, 0.717) is 5.70 Å². The van der Waals surface area contributed by atoms with Crippen molar-refractivity contribution >= 4 is 34.1 Å². The summed E-state index contributed by atoms with van der Waals surface area (Å²) in [7, 11) is 0. The Labute approximate surface area is 256 Å². The molecule has 7 nitrogen and oxygen atoms in total. The highest BCUT2D eigenvalue weighted by Gasteiger charge is 2.26. The van der Waals surface area contributed by atoms with Crippen molar-refractivity contribution in [3.8, 4) is 17.1 Å². The van der Waals surface area contributed by atoms with Crippen LogP contribution in [0.5, 0.6) is 0 Å². The second-order valence-corrected chi connectivity index (χ2v) is 10.7. The Bertz CT molecular complexity index is 2050. The van der Waals surface area contributed by atoms with Crippen LogP contribution in [0.2, 0.25) is 0 Å². The molecule has 0 aliphatic carbocycles. The lowest BCUT2D eigenvalue weighted by atomic mass is 10.1. The molecule has 0 atom stereocenters. The maximum Gasteiger partial charge on any atom is 0.0887 e. The molecule has 44 heavy (non-hydrogen) atoms. The van der Waals surface area contributed by atoms with Crippen LogP contribution < -0.4 is 16.4 Å². The Morgan fingerprint density at radius 2 is 1.52 bits per heavy atom. The van der Waals surface area contributed by atoms with Crippen molar-refractivity contribution < 1.29 is 0 Å². The van der Waals surface area contributed by atoms with Crippen molar-refractivity contribution in [2.24, 2.45) is 5.73 Å². The molecule has 1 aliphatic heterocycles. The van der Waals surface area contributed by atoms with E-state index in [1.807, 2.05) is 72.9 Å². The number of rotatable bonds is 6. The first-order valence-corrected chi connectivity index (χ1v) is 14.5. The van der Waals surface area contributed by atoms with Crippen LogP contribution in [0.4, 0.5) is 11.4 Å². The summed E-state index contributed by atoms with van der Waals surface area (Å²) in [5.74, 6) is 0. The van der Waals surface area contributed by atoms with Crippen LogP contribution in [-0.2, 0) is 6.42 Å². The number of nitrogen functional groups attached to an aromatic ring is 1. The summed E-state index contributed by atoms with van der Waals surface area (Å²) >= 11 is 0. The van der Waals surface area contributed by atoms with E-state index < -0.39 is 0 Å². The van der Waals surface area contributed by atoms with Gasteiger partial charge in [-0.25, -0.2) is 0 Å². The van der Waals surface area contributed by atoms with Gasteiger partial charge in [0.2, 0.25) is 0 Å². The minimum Gasteiger partial charge on any atom is -0.397 e. The number of anilines is 2. The predicted molar refractivity (Wildman–Crippen MR) is 179 cm³/mol. The Balaban J connectivity index is 1.34. The average Bonchev–Trinajstić information content (AvgIpc) is 3.59. The van der Waals surface area contributed by atoms with Crippen molar-refractivity contribution in [1.82, 2.24) is 19.5 Å². The van der Waals surface area contributed by atoms with Gasteiger partial charge < -0.3 is 20.9 Å². The van der Waals surface area contributed by atoms with Gasteiger partial charge in [0.25, 0.3) is 0 Å². The summed E-state index contributed by atoms with van der Waals surface area (Å²) in [5, 5.41) is 0.994. The van der Waals surface area contributed by atoms with Gasteiger partial charge in [0.05, 0.1) is 51.6 Å². The Kier molecular flexibility index (Phi) is 6.96. The fourth-order valence-electron chi connectivity index (χ4n) is 5.79. The molecule has 0 amide bonds. The molecule has 2 aromatic carbocycles. The van der Waals surface area contributed by atoms with E-state index in [1.54, 1.807) is 12.4 Å². The maximum absolute atomic E-state index is 6.90. The standard InChI is InChI=1S/C37H31N7/c1-25(16-18-30(38)31-12-6-8-20-40-31)43-28(22-26-10-2-4-14-34(26)43)23-36-37(39)29-11-3-5-15-35(29)44(36)27-17-19-33(42-24-27)32-13-7-9-21-41-32/h2-21,23-24H,22,38-39H2,1H3/b25-16+,28-23+,30-18-. The molecule has 0 unspecified atom stereocenters. The van der Waals surface area contributed by atoms with E-state index in [1.165, 1.54) is 5.56 Å². The van der Waals surface area contributed by atoms with Gasteiger partial charge in [0.15, 0.2) is 0 Å². The van der Waals surface area contributed by atoms with Gasteiger partial charge in [-0.1, -0.05) is 48.5 Å². The fraction of sp³-hybridized carbons (Fsp3) is 0.0541. The molecule has 6 aromatic rings. The zero-order valence-corrected chi connectivity index (χ0v) is 24.3. The molecule has 0 spiro atoms. The molecule has 5 heterocycles. The third-order valence-corrected chi connectivity index (χ3v) is 7.90. The second-order valence-electron chi connectivity index (χ2n) is 10.7. The summed E-state index contributed by atoms with van der Waals surface area (Å²) in [6.45, 7) is 2.09. The number of hydrogen-bond acceptors (Lipinski definition) is 6. The van der Waals surface area contributed by atoms with Crippen LogP contribution in [0.15, 0.2) is 139 Å². The van der Waals surface area contributed by atoms with Crippen LogP contribution in [0.3, 0.4) is 0 Å². The molecule has 7 rings (SSSR count). The van der Waals surface area contributed by atoms with E-state index >= 15 is 0 Å². The number of fused-ring (bicyclic) bond motifs is 2. The van der Waals surface area contributed by atoms with Crippen molar-refractivity contribution in [1.29, 1.82) is 0 Å². The van der Waals surface area contributed by atoms with Crippen LogP contribution >= 0.6 is 0 Å². The number of para-hydroxylation sites is 2. The van der Waals surface area contributed by atoms with Gasteiger partial charge in [-0.05, 0) is 79.2 Å². The number of hydrogen-bond donors (Lipinski definition) is 2. The molecular weight excluding hydrogens is 542 g/mol. The topological polar surface area (TPSA) is 98.9 Å². The zero-order chi connectivity index (χ0) is 30.0. The average molecular weight is 574 g/mol. The normalized spacial score (nSPS) is 14.4. The smallest absolute Gasteiger partial charge is 0.0887 e. The predicted octanol–water partition coefficient (Wildman–Crippen LogP) is 7.37. The van der Waals surface area contributed by atoms with Crippen molar-refractivity contribution in [2.75, 3.05) is 10.6 Å². The zero-order valence-electron chi connectivity index (χ0n) is 24.3. The third kappa shape index (κ3) is 4.90. The Hall–Kier alpha value is -5.95. The first kappa shape index (κ1) is 26.9. The minimum absolute atomic E-state index is 0.606. The quantitative estimate of drug-likeness (QED) is 0.202. The minimum atomic E-state index is 0.606. The second kappa shape index (κ2) is 11.4. The molecule has 1 aliphatic rings. The largest absolute Gasteiger partial charge is 0.397 e. The maximum atomic E-state index is 6.90. The SMILES string of the molecule is C/C(=C\C=C(/N)c1ccccn1)N1/C(=C/c2c(N)c3ccccc3n2-c2ccc(-c3ccccn3)nc2)Cc2ccccc21. The van der Waals surface area contributed by atoms with E-state index in [9.17, 15) is 0 Å². The lowest BCUT2D eigenvalue weighted by molar-refractivity contribution is 1.06. The van der Waals surface area contributed by atoms with Gasteiger partial charge in [0, 0.05) is 41.3 Å². The lowest BCUT2D eigenvalue weighted by Crippen LogP contribution is -2.16. The molecule has 0 saturated carbocycles. The molecule has 214 valence electrons. The Morgan fingerprint density at radius 3 is 2.30 bits per heavy atom. The summed E-state index contributed by atoms with van der Waals surface area (Å²) in [4.78, 5) is 15.9. The highest BCUT2D eigenvalue weighted by molar-refractivity contribution is 5.99. The first-order chi connectivity index (χ1) is 21.6. The molecule has 0 radical (unpaired) electrons. The van der Waals surface area contributed by atoms with Gasteiger partial charge >= 0.3 is 0 Å². The number of nitrogens with two attached hydrogens (primary N) is 2. The molecule has 0 bridgehead atoms. The lowest BCUT2D eigenvalue weighted by Gasteiger charge is -2.23. The Morgan fingerprint density at radius 1 is 0.773 bits per heavy atom. The highest BCUT2D eigenvalue weighted by Crippen LogP contribution is 2.40. The van der Waals surface area contributed by atoms with Crippen molar-refractivity contribution in [3.05, 3.63) is 156 Å². The van der Waals surface area contributed by atoms with E-state index in [0.717, 1.165) is 68.6 Å². The first-order valence-electron chi connectivity index (χ1n) is 14.5. The monoisotopic (exact) mass is 573 g/mol. The van der Waals surface area contributed by atoms with E-state index in [2.05, 4.69) is 74.9 Å². The van der Waals surface area contributed by atoms with Crippen molar-refractivity contribution in [3.63, 3.8) is 0 Å². The van der Waals surface area contributed by atoms with Crippen LogP contribution in [-0.4, -0.2) is 19.5 Å². The number of allylic oxidation sites excluding steroid dienone is 4. The molecule has 7 heteroatoms. The van der Waals surface area contributed by atoms with Crippen LogP contribution in [0.25, 0.3) is 39.8 Å². The molecular formula is C37H31N7. The summed E-state index contributed by atoms with van der Waals surface area (Å²) in [5.41, 5.74) is 24.4. The summed E-state index contributed by atoms with van der Waals surface area (Å²) < 4.78 is 2.19. The summed E-state index contributed by atoms with van der Waals surface area (Å²) in [6.07, 6.45) is 12.3.